The van der Waals surface area contributed by atoms with Crippen LogP contribution < -0.4 is 9.47 Å². The molecular weight excluding hydrogens is 336 g/mol. The van der Waals surface area contributed by atoms with Gasteiger partial charge in [-0.25, -0.2) is 0 Å². The number of carbonyl (C=O) groups excluding carboxylic acids is 1. The van der Waals surface area contributed by atoms with E-state index in [0.29, 0.717) is 11.5 Å². The number of hydrogen-bond donors (Lipinski definition) is 0. The van der Waals surface area contributed by atoms with Crippen LogP contribution in [0, 0.1) is 0 Å². The third-order valence-electron chi connectivity index (χ3n) is 4.99. The maximum absolute atomic E-state index is 12.4. The van der Waals surface area contributed by atoms with Gasteiger partial charge in [-0.2, -0.15) is 0 Å². The van der Waals surface area contributed by atoms with Gasteiger partial charge in [0.15, 0.2) is 11.5 Å². The SMILES string of the molecule is COc1cccc(C2SCC(=O)N2CCCCN2CCCC2)c1OC. The molecule has 2 heterocycles. The number of amides is 1. The number of ether oxygens (including phenoxy) is 2. The van der Waals surface area contributed by atoms with Crippen LogP contribution in [-0.2, 0) is 4.79 Å². The number of carbonyl (C=O) groups is 1. The van der Waals surface area contributed by atoms with Crippen LogP contribution in [0.25, 0.3) is 0 Å². The molecule has 6 heteroatoms. The minimum absolute atomic E-state index is 0.0179. The highest BCUT2D eigenvalue weighted by molar-refractivity contribution is 8.00. The summed E-state index contributed by atoms with van der Waals surface area (Å²) in [6.07, 6.45) is 4.86. The van der Waals surface area contributed by atoms with E-state index < -0.39 is 0 Å². The third-order valence-corrected chi connectivity index (χ3v) is 6.23. The number of thioether (sulfide) groups is 1. The van der Waals surface area contributed by atoms with E-state index in [1.54, 1.807) is 26.0 Å². The van der Waals surface area contributed by atoms with Crippen molar-refractivity contribution in [2.24, 2.45) is 0 Å². The van der Waals surface area contributed by atoms with E-state index in [2.05, 4.69) is 4.90 Å². The Balaban J connectivity index is 1.63. The monoisotopic (exact) mass is 364 g/mol. The first-order valence-corrected chi connectivity index (χ1v) is 10.1. The van der Waals surface area contributed by atoms with Gasteiger partial charge in [-0.1, -0.05) is 12.1 Å². The molecule has 2 aliphatic rings. The lowest BCUT2D eigenvalue weighted by molar-refractivity contribution is -0.128. The maximum Gasteiger partial charge on any atom is 0.233 e. The van der Waals surface area contributed by atoms with Crippen molar-refractivity contribution < 1.29 is 14.3 Å². The molecule has 0 aliphatic carbocycles. The van der Waals surface area contributed by atoms with Gasteiger partial charge in [-0.3, -0.25) is 4.79 Å². The van der Waals surface area contributed by atoms with Crippen LogP contribution in [0.4, 0.5) is 0 Å². The van der Waals surface area contributed by atoms with Gasteiger partial charge in [0.2, 0.25) is 5.91 Å². The molecule has 2 fully saturated rings. The molecule has 1 aromatic rings. The van der Waals surface area contributed by atoms with E-state index in [4.69, 9.17) is 9.47 Å². The second-order valence-corrected chi connectivity index (χ2v) is 7.66. The van der Waals surface area contributed by atoms with Crippen molar-refractivity contribution in [3.8, 4) is 11.5 Å². The zero-order valence-corrected chi connectivity index (χ0v) is 16.0. The smallest absolute Gasteiger partial charge is 0.233 e. The molecule has 1 atom stereocenters. The molecule has 138 valence electrons. The average Bonchev–Trinajstić information content (AvgIpc) is 3.28. The zero-order valence-electron chi connectivity index (χ0n) is 15.2. The summed E-state index contributed by atoms with van der Waals surface area (Å²) in [4.78, 5) is 16.9. The van der Waals surface area contributed by atoms with Gasteiger partial charge in [0, 0.05) is 12.1 Å². The van der Waals surface area contributed by atoms with E-state index in [1.165, 1.54) is 25.9 Å². The Morgan fingerprint density at radius 2 is 1.88 bits per heavy atom. The number of likely N-dealkylation sites (tertiary alicyclic amines) is 1. The van der Waals surface area contributed by atoms with Crippen molar-refractivity contribution in [1.29, 1.82) is 0 Å². The molecule has 2 aliphatic heterocycles. The minimum Gasteiger partial charge on any atom is -0.493 e. The molecule has 0 spiro atoms. The van der Waals surface area contributed by atoms with Crippen molar-refractivity contribution >= 4 is 17.7 Å². The zero-order chi connectivity index (χ0) is 17.6. The van der Waals surface area contributed by atoms with Crippen molar-refractivity contribution in [2.45, 2.75) is 31.1 Å². The van der Waals surface area contributed by atoms with Crippen molar-refractivity contribution in [3.05, 3.63) is 23.8 Å². The maximum atomic E-state index is 12.4. The predicted molar refractivity (Wildman–Crippen MR) is 101 cm³/mol. The van der Waals surface area contributed by atoms with Crippen LogP contribution in [0.2, 0.25) is 0 Å². The van der Waals surface area contributed by atoms with E-state index >= 15 is 0 Å². The number of hydrogen-bond acceptors (Lipinski definition) is 5. The van der Waals surface area contributed by atoms with Crippen molar-refractivity contribution in [2.75, 3.05) is 46.2 Å². The number of para-hydroxylation sites is 1. The van der Waals surface area contributed by atoms with E-state index in [0.717, 1.165) is 37.2 Å². The number of methoxy groups -OCH3 is 2. The highest BCUT2D eigenvalue weighted by Gasteiger charge is 2.34. The van der Waals surface area contributed by atoms with Crippen molar-refractivity contribution in [3.63, 3.8) is 0 Å². The van der Waals surface area contributed by atoms with Gasteiger partial charge in [0.05, 0.1) is 20.0 Å². The fraction of sp³-hybridized carbons (Fsp3) is 0.632. The van der Waals surface area contributed by atoms with Crippen LogP contribution in [0.5, 0.6) is 11.5 Å². The van der Waals surface area contributed by atoms with Crippen LogP contribution >= 0.6 is 11.8 Å². The van der Waals surface area contributed by atoms with Crippen LogP contribution in [0.15, 0.2) is 18.2 Å². The highest BCUT2D eigenvalue weighted by Crippen LogP contribution is 2.45. The van der Waals surface area contributed by atoms with Crippen LogP contribution in [0.1, 0.15) is 36.6 Å². The molecule has 25 heavy (non-hydrogen) atoms. The van der Waals surface area contributed by atoms with Gasteiger partial charge in [0.25, 0.3) is 0 Å². The molecule has 0 bridgehead atoms. The molecule has 0 radical (unpaired) electrons. The number of benzene rings is 1. The van der Waals surface area contributed by atoms with Crippen LogP contribution in [-0.4, -0.2) is 61.9 Å². The van der Waals surface area contributed by atoms with Crippen molar-refractivity contribution in [1.82, 2.24) is 9.80 Å². The fourth-order valence-electron chi connectivity index (χ4n) is 3.68. The van der Waals surface area contributed by atoms with E-state index in [1.807, 2.05) is 23.1 Å². The topological polar surface area (TPSA) is 42.0 Å². The summed E-state index contributed by atoms with van der Waals surface area (Å²) >= 11 is 1.67. The van der Waals surface area contributed by atoms with Crippen LogP contribution in [0.3, 0.4) is 0 Å². The van der Waals surface area contributed by atoms with E-state index in [9.17, 15) is 4.79 Å². The largest absolute Gasteiger partial charge is 0.493 e. The second kappa shape index (κ2) is 8.81. The molecule has 0 aromatic heterocycles. The molecule has 1 aromatic carbocycles. The summed E-state index contributed by atoms with van der Waals surface area (Å²) in [6, 6.07) is 5.89. The molecule has 1 unspecified atom stereocenters. The lowest BCUT2D eigenvalue weighted by Crippen LogP contribution is -2.30. The Kier molecular flexibility index (Phi) is 6.48. The lowest BCUT2D eigenvalue weighted by Gasteiger charge is -2.26. The second-order valence-electron chi connectivity index (χ2n) is 6.59. The molecule has 2 saturated heterocycles. The Hall–Kier alpha value is -1.40. The third kappa shape index (κ3) is 4.23. The molecule has 3 rings (SSSR count). The number of nitrogens with zero attached hydrogens (tertiary/aromatic N) is 2. The fourth-order valence-corrected chi connectivity index (χ4v) is 4.92. The summed E-state index contributed by atoms with van der Waals surface area (Å²) in [5.74, 6) is 2.21. The number of rotatable bonds is 8. The summed E-state index contributed by atoms with van der Waals surface area (Å²) in [7, 11) is 3.30. The average molecular weight is 365 g/mol. The Morgan fingerprint density at radius 3 is 2.60 bits per heavy atom. The molecular formula is C19H28N2O3S. The highest BCUT2D eigenvalue weighted by atomic mass is 32.2. The predicted octanol–water partition coefficient (Wildman–Crippen LogP) is 3.15. The first-order chi connectivity index (χ1) is 12.2. The van der Waals surface area contributed by atoms with Gasteiger partial charge < -0.3 is 19.3 Å². The van der Waals surface area contributed by atoms with Gasteiger partial charge >= 0.3 is 0 Å². The molecule has 5 nitrogen and oxygen atoms in total. The molecule has 0 saturated carbocycles. The summed E-state index contributed by atoms with van der Waals surface area (Å²) in [5, 5.41) is 0.0179. The van der Waals surface area contributed by atoms with Gasteiger partial charge in [-0.05, 0) is 51.4 Å². The Labute approximate surface area is 154 Å². The normalized spacial score (nSPS) is 21.1. The first-order valence-electron chi connectivity index (χ1n) is 9.09. The molecule has 0 N–H and O–H groups in total. The van der Waals surface area contributed by atoms with Gasteiger partial charge in [-0.15, -0.1) is 11.8 Å². The summed E-state index contributed by atoms with van der Waals surface area (Å²) in [5.41, 5.74) is 1.03. The minimum atomic E-state index is 0.0179. The Bertz CT molecular complexity index is 590. The Morgan fingerprint density at radius 1 is 1.12 bits per heavy atom. The van der Waals surface area contributed by atoms with Gasteiger partial charge in [0.1, 0.15) is 5.37 Å². The molecule has 1 amide bonds. The standard InChI is InChI=1S/C19H28N2O3S/c1-23-16-9-7-8-15(18(16)24-2)19-21(17(22)14-25-19)13-6-5-12-20-10-3-4-11-20/h7-9,19H,3-6,10-14H2,1-2H3. The quantitative estimate of drug-likeness (QED) is 0.663. The first kappa shape index (κ1) is 18.4. The lowest BCUT2D eigenvalue weighted by atomic mass is 10.1. The summed E-state index contributed by atoms with van der Waals surface area (Å²) < 4.78 is 11.0. The summed E-state index contributed by atoms with van der Waals surface area (Å²) in [6.45, 7) is 4.44. The van der Waals surface area contributed by atoms with E-state index in [-0.39, 0.29) is 11.3 Å². The number of unbranched alkanes of at least 4 members (excludes halogenated alkanes) is 1.